The van der Waals surface area contributed by atoms with Gasteiger partial charge in [-0.1, -0.05) is 79.7 Å². The quantitative estimate of drug-likeness (QED) is 0.0850. The molecule has 0 spiro atoms. The summed E-state index contributed by atoms with van der Waals surface area (Å²) in [6.07, 6.45) is 6.49. The van der Waals surface area contributed by atoms with E-state index in [0.717, 1.165) is 58.7 Å². The van der Waals surface area contributed by atoms with Crippen LogP contribution in [-0.4, -0.2) is 15.9 Å². The number of hydrogen-bond acceptors (Lipinski definition) is 3. The molecule has 0 bridgehead atoms. The molecule has 0 aliphatic carbocycles. The number of halogens is 1. The maximum Gasteiger partial charge on any atom is 0.164 e. The van der Waals surface area contributed by atoms with E-state index in [1.807, 2.05) is 78.8 Å². The summed E-state index contributed by atoms with van der Waals surface area (Å²) in [4.78, 5) is 16.8. The molecule has 0 atom stereocenters. The summed E-state index contributed by atoms with van der Waals surface area (Å²) in [6, 6.07) is 18.5. The van der Waals surface area contributed by atoms with E-state index in [1.165, 1.54) is 11.6 Å². The molecule has 0 aliphatic heterocycles. The minimum atomic E-state index is -0.337. The van der Waals surface area contributed by atoms with E-state index >= 15 is 0 Å². The molecule has 221 valence electrons. The van der Waals surface area contributed by atoms with Gasteiger partial charge in [-0.2, -0.15) is 0 Å². The van der Waals surface area contributed by atoms with E-state index in [4.69, 9.17) is 0 Å². The molecule has 1 N–H and O–H groups in total. The summed E-state index contributed by atoms with van der Waals surface area (Å²) >= 11 is 0. The van der Waals surface area contributed by atoms with Crippen molar-refractivity contribution in [1.29, 1.82) is 0 Å². The van der Waals surface area contributed by atoms with Crippen LogP contribution in [0.1, 0.15) is 78.4 Å². The Labute approximate surface area is 258 Å². The van der Waals surface area contributed by atoms with E-state index in [9.17, 15) is 14.3 Å². The van der Waals surface area contributed by atoms with Crippen LogP contribution in [0.4, 0.5) is 4.39 Å². The van der Waals surface area contributed by atoms with Gasteiger partial charge in [-0.15, -0.1) is 34.9 Å². The zero-order valence-corrected chi connectivity index (χ0v) is 28.0. The molecule has 3 aromatic carbocycles. The fourth-order valence-corrected chi connectivity index (χ4v) is 4.91. The fourth-order valence-electron chi connectivity index (χ4n) is 4.91. The standard InChI is InChI=1S/C21H15FN.C15H28O2.Ir/c1-13-9-14(2)11-16(10-13)21-20-15(7-8-23-21)12-19(22)17-5-3-4-6-18(17)20;1-7-14(5,8-2)12(16)11-13(17)15(6,9-3)10-4;/h3-10,12H,1-2H3;11,16H,7-10H2,1-6H3;/q-1;;/b;12-11-;. The normalized spacial score (nSPS) is 12.1. The number of aliphatic hydroxyl groups excluding tert-OH is 1. The summed E-state index contributed by atoms with van der Waals surface area (Å²) < 4.78 is 14.4. The molecular formula is C36H43FIrNO2-. The van der Waals surface area contributed by atoms with Crippen LogP contribution in [0.5, 0.6) is 0 Å². The van der Waals surface area contributed by atoms with E-state index in [0.29, 0.717) is 5.39 Å². The maximum atomic E-state index is 14.4. The van der Waals surface area contributed by atoms with Gasteiger partial charge in [-0.25, -0.2) is 4.39 Å². The van der Waals surface area contributed by atoms with Crippen LogP contribution in [0.2, 0.25) is 0 Å². The van der Waals surface area contributed by atoms with Crippen molar-refractivity contribution in [1.82, 2.24) is 4.98 Å². The molecule has 0 aliphatic rings. The second-order valence-electron chi connectivity index (χ2n) is 11.3. The third-order valence-corrected chi connectivity index (χ3v) is 8.72. The summed E-state index contributed by atoms with van der Waals surface area (Å²) in [7, 11) is 0. The van der Waals surface area contributed by atoms with Crippen molar-refractivity contribution < 1.29 is 34.4 Å². The van der Waals surface area contributed by atoms with Crippen LogP contribution in [-0.2, 0) is 24.9 Å². The van der Waals surface area contributed by atoms with Crippen LogP contribution in [0.15, 0.2) is 66.6 Å². The van der Waals surface area contributed by atoms with Crippen molar-refractivity contribution in [2.24, 2.45) is 10.8 Å². The van der Waals surface area contributed by atoms with Gasteiger partial charge in [0.25, 0.3) is 0 Å². The van der Waals surface area contributed by atoms with Gasteiger partial charge >= 0.3 is 0 Å². The number of aliphatic hydroxyl groups is 1. The Bertz CT molecular complexity index is 1510. The number of nitrogens with zero attached hydrogens (tertiary/aromatic N) is 1. The van der Waals surface area contributed by atoms with Crippen LogP contribution in [0.25, 0.3) is 32.8 Å². The molecule has 0 saturated carbocycles. The Kier molecular flexibility index (Phi) is 12.0. The van der Waals surface area contributed by atoms with E-state index in [1.54, 1.807) is 12.3 Å². The molecule has 0 saturated heterocycles. The van der Waals surface area contributed by atoms with Gasteiger partial charge in [-0.05, 0) is 59.7 Å². The first-order valence-electron chi connectivity index (χ1n) is 14.3. The number of carbonyl (C=O) groups excluding carboxylic acids is 1. The summed E-state index contributed by atoms with van der Waals surface area (Å²) in [5.74, 6) is 0.0865. The number of carbonyl (C=O) groups is 1. The third kappa shape index (κ3) is 7.50. The maximum absolute atomic E-state index is 14.4. The molecule has 0 unspecified atom stereocenters. The first-order chi connectivity index (χ1) is 18.9. The minimum absolute atomic E-state index is 0. The predicted molar refractivity (Wildman–Crippen MR) is 166 cm³/mol. The molecule has 0 fully saturated rings. The summed E-state index contributed by atoms with van der Waals surface area (Å²) in [6.45, 7) is 16.2. The Morgan fingerprint density at radius 1 is 0.927 bits per heavy atom. The molecular weight excluding hydrogens is 690 g/mol. The monoisotopic (exact) mass is 733 g/mol. The Morgan fingerprint density at radius 3 is 2.07 bits per heavy atom. The molecule has 4 rings (SSSR count). The number of benzene rings is 3. The van der Waals surface area contributed by atoms with Gasteiger partial charge in [0.1, 0.15) is 11.6 Å². The number of pyridine rings is 1. The van der Waals surface area contributed by atoms with Crippen LogP contribution in [0, 0.1) is 36.6 Å². The second kappa shape index (κ2) is 14.3. The molecule has 3 nitrogen and oxygen atoms in total. The zero-order chi connectivity index (χ0) is 29.7. The fraction of sp³-hybridized carbons (Fsp3) is 0.389. The van der Waals surface area contributed by atoms with Crippen molar-refractivity contribution in [3.63, 3.8) is 0 Å². The number of fused-ring (bicyclic) bond motifs is 3. The number of allylic oxidation sites excluding steroid dienone is 2. The SMILES string of the molecule is CCC(C)(CC)C(=O)/C=C(\O)C(C)(CC)CC.Cc1[c-]c(-c2nccc3cc(F)c4ccccc4c23)cc(C)c1.[Ir]. The molecule has 1 radical (unpaired) electrons. The predicted octanol–water partition coefficient (Wildman–Crippen LogP) is 10.3. The van der Waals surface area contributed by atoms with Crippen molar-refractivity contribution in [3.8, 4) is 11.3 Å². The van der Waals surface area contributed by atoms with E-state index < -0.39 is 0 Å². The second-order valence-corrected chi connectivity index (χ2v) is 11.3. The number of aromatic nitrogens is 1. The van der Waals surface area contributed by atoms with Crippen molar-refractivity contribution in [3.05, 3.63) is 89.6 Å². The van der Waals surface area contributed by atoms with Gasteiger partial charge in [0.2, 0.25) is 0 Å². The van der Waals surface area contributed by atoms with Crippen molar-refractivity contribution in [2.45, 2.75) is 81.1 Å². The Morgan fingerprint density at radius 2 is 1.51 bits per heavy atom. The first kappa shape index (κ1) is 34.3. The minimum Gasteiger partial charge on any atom is -0.512 e. The van der Waals surface area contributed by atoms with Gasteiger partial charge in [0.05, 0.1) is 0 Å². The van der Waals surface area contributed by atoms with E-state index in [2.05, 4.69) is 30.1 Å². The molecule has 41 heavy (non-hydrogen) atoms. The molecule has 1 heterocycles. The van der Waals surface area contributed by atoms with Gasteiger partial charge < -0.3 is 10.1 Å². The van der Waals surface area contributed by atoms with Crippen molar-refractivity contribution in [2.75, 3.05) is 0 Å². The first-order valence-corrected chi connectivity index (χ1v) is 14.3. The van der Waals surface area contributed by atoms with Gasteiger partial charge in [0.15, 0.2) is 5.78 Å². The van der Waals surface area contributed by atoms with E-state index in [-0.39, 0.29) is 48.3 Å². The smallest absolute Gasteiger partial charge is 0.164 e. The van der Waals surface area contributed by atoms with Crippen molar-refractivity contribution >= 4 is 27.3 Å². The molecule has 0 amide bonds. The Hall–Kier alpha value is -2.88. The molecule has 5 heteroatoms. The largest absolute Gasteiger partial charge is 0.512 e. The number of rotatable bonds is 8. The van der Waals surface area contributed by atoms with Gasteiger partial charge in [0, 0.05) is 48.6 Å². The molecule has 4 aromatic rings. The molecule has 1 aromatic heterocycles. The average Bonchev–Trinajstić information content (AvgIpc) is 2.95. The Balaban J connectivity index is 0.000000296. The summed E-state index contributed by atoms with van der Waals surface area (Å²) in [5, 5.41) is 13.5. The number of hydrogen-bond donors (Lipinski definition) is 1. The number of ketones is 1. The topological polar surface area (TPSA) is 50.2 Å². The third-order valence-electron chi connectivity index (χ3n) is 8.72. The zero-order valence-electron chi connectivity index (χ0n) is 25.6. The van der Waals surface area contributed by atoms with Crippen LogP contribution in [0.3, 0.4) is 0 Å². The summed E-state index contributed by atoms with van der Waals surface area (Å²) in [5.41, 5.74) is 3.44. The van der Waals surface area contributed by atoms with Crippen LogP contribution < -0.4 is 0 Å². The van der Waals surface area contributed by atoms with Crippen LogP contribution >= 0.6 is 0 Å². The van der Waals surface area contributed by atoms with Gasteiger partial charge in [-0.3, -0.25) is 4.79 Å². The number of aryl methyl sites for hydroxylation is 2. The average molecular weight is 733 g/mol.